The molecule has 3 nitrogen and oxygen atoms in total. The summed E-state index contributed by atoms with van der Waals surface area (Å²) < 4.78 is 0. The minimum atomic E-state index is 0.817. The van der Waals surface area contributed by atoms with E-state index in [1.54, 1.807) is 6.20 Å². The zero-order chi connectivity index (χ0) is 12.5. The van der Waals surface area contributed by atoms with Crippen LogP contribution in [0, 0.1) is 5.92 Å². The van der Waals surface area contributed by atoms with E-state index in [9.17, 15) is 0 Å². The van der Waals surface area contributed by atoms with Gasteiger partial charge in [0.25, 0.3) is 0 Å². The summed E-state index contributed by atoms with van der Waals surface area (Å²) in [6.45, 7) is 4.53. The first-order valence-corrected chi connectivity index (χ1v) is 6.66. The highest BCUT2D eigenvalue weighted by Gasteiger charge is 2.22. The van der Waals surface area contributed by atoms with Crippen LogP contribution < -0.4 is 10.6 Å². The molecule has 3 rings (SSSR count). The van der Waals surface area contributed by atoms with E-state index in [-0.39, 0.29) is 0 Å². The Kier molecular flexibility index (Phi) is 2.82. The number of fused-ring (bicyclic) bond motifs is 1. The van der Waals surface area contributed by atoms with Gasteiger partial charge in [-0.15, -0.1) is 0 Å². The standard InChI is InChI=1S/C15H19N3/c1-2-11-6-8-18(10-11)14-4-3-12-9-17-7-5-13(12)15(14)16/h3-5,7,9,11H,2,6,8,10,16H2,1H3. The Morgan fingerprint density at radius 1 is 1.39 bits per heavy atom. The maximum absolute atomic E-state index is 6.32. The number of nitrogen functional groups attached to an aromatic ring is 1. The van der Waals surface area contributed by atoms with Crippen LogP contribution in [0.15, 0.2) is 30.6 Å². The summed E-state index contributed by atoms with van der Waals surface area (Å²) in [5.41, 5.74) is 8.40. The first-order chi connectivity index (χ1) is 8.79. The third kappa shape index (κ3) is 1.80. The Hall–Kier alpha value is -1.77. The highest BCUT2D eigenvalue weighted by atomic mass is 15.2. The first kappa shape index (κ1) is 11.3. The van der Waals surface area contributed by atoms with Gasteiger partial charge >= 0.3 is 0 Å². The van der Waals surface area contributed by atoms with Crippen molar-refractivity contribution in [3.63, 3.8) is 0 Å². The van der Waals surface area contributed by atoms with Crippen molar-refractivity contribution in [3.8, 4) is 0 Å². The second-order valence-corrected chi connectivity index (χ2v) is 5.10. The monoisotopic (exact) mass is 241 g/mol. The van der Waals surface area contributed by atoms with Crippen molar-refractivity contribution < 1.29 is 0 Å². The summed E-state index contributed by atoms with van der Waals surface area (Å²) in [5.74, 6) is 0.817. The summed E-state index contributed by atoms with van der Waals surface area (Å²) in [7, 11) is 0. The van der Waals surface area contributed by atoms with Gasteiger partial charge < -0.3 is 10.6 Å². The molecule has 3 heteroatoms. The minimum absolute atomic E-state index is 0.817. The average Bonchev–Trinajstić information content (AvgIpc) is 2.88. The number of hydrogen-bond acceptors (Lipinski definition) is 3. The molecule has 2 aromatic rings. The Balaban J connectivity index is 2.00. The van der Waals surface area contributed by atoms with Gasteiger partial charge in [0, 0.05) is 36.3 Å². The lowest BCUT2D eigenvalue weighted by Gasteiger charge is -2.21. The first-order valence-electron chi connectivity index (χ1n) is 6.66. The largest absolute Gasteiger partial charge is 0.397 e. The molecule has 1 atom stereocenters. The van der Waals surface area contributed by atoms with Gasteiger partial charge in [-0.1, -0.05) is 19.4 Å². The molecular formula is C15H19N3. The highest BCUT2D eigenvalue weighted by Crippen LogP contribution is 2.34. The van der Waals surface area contributed by atoms with E-state index in [0.717, 1.165) is 35.5 Å². The van der Waals surface area contributed by atoms with Gasteiger partial charge in [-0.2, -0.15) is 0 Å². The summed E-state index contributed by atoms with van der Waals surface area (Å²) in [5, 5.41) is 2.23. The molecule has 1 unspecified atom stereocenters. The maximum atomic E-state index is 6.32. The van der Waals surface area contributed by atoms with E-state index in [4.69, 9.17) is 5.73 Å². The van der Waals surface area contributed by atoms with E-state index in [2.05, 4.69) is 28.9 Å². The number of nitrogens with zero attached hydrogens (tertiary/aromatic N) is 2. The summed E-state index contributed by atoms with van der Waals surface area (Å²) in [6.07, 6.45) is 6.22. The molecule has 1 aromatic carbocycles. The van der Waals surface area contributed by atoms with Crippen LogP contribution in [0.4, 0.5) is 11.4 Å². The third-order valence-electron chi connectivity index (χ3n) is 4.04. The molecule has 0 spiro atoms. The van der Waals surface area contributed by atoms with Crippen LogP contribution >= 0.6 is 0 Å². The fourth-order valence-corrected chi connectivity index (χ4v) is 2.84. The zero-order valence-electron chi connectivity index (χ0n) is 10.8. The highest BCUT2D eigenvalue weighted by molar-refractivity contribution is 5.98. The van der Waals surface area contributed by atoms with Gasteiger partial charge in [0.05, 0.1) is 11.4 Å². The lowest BCUT2D eigenvalue weighted by Crippen LogP contribution is -2.20. The van der Waals surface area contributed by atoms with E-state index in [1.807, 2.05) is 12.3 Å². The topological polar surface area (TPSA) is 42.2 Å². The lowest BCUT2D eigenvalue weighted by molar-refractivity contribution is 0.569. The smallest absolute Gasteiger partial charge is 0.0632 e. The Morgan fingerprint density at radius 2 is 2.28 bits per heavy atom. The molecule has 1 saturated heterocycles. The molecule has 0 aliphatic carbocycles. The van der Waals surface area contributed by atoms with Crippen LogP contribution in [0.1, 0.15) is 19.8 Å². The summed E-state index contributed by atoms with van der Waals surface area (Å²) in [6, 6.07) is 6.26. The Bertz CT molecular complexity index is 565. The second-order valence-electron chi connectivity index (χ2n) is 5.10. The predicted octanol–water partition coefficient (Wildman–Crippen LogP) is 3.05. The van der Waals surface area contributed by atoms with Crippen molar-refractivity contribution in [1.29, 1.82) is 0 Å². The number of nitrogens with two attached hydrogens (primary N) is 1. The maximum Gasteiger partial charge on any atom is 0.0632 e. The van der Waals surface area contributed by atoms with Crippen molar-refractivity contribution in [2.75, 3.05) is 23.7 Å². The SMILES string of the molecule is CCC1CCN(c2ccc3cnccc3c2N)C1. The van der Waals surface area contributed by atoms with Crippen LogP contribution in [-0.4, -0.2) is 18.1 Å². The molecule has 2 heterocycles. The van der Waals surface area contributed by atoms with Crippen LogP contribution in [0.25, 0.3) is 10.8 Å². The molecule has 1 aliphatic heterocycles. The van der Waals surface area contributed by atoms with Crippen LogP contribution in [0.2, 0.25) is 0 Å². The van der Waals surface area contributed by atoms with E-state index >= 15 is 0 Å². The summed E-state index contributed by atoms with van der Waals surface area (Å²) >= 11 is 0. The molecule has 0 bridgehead atoms. The number of anilines is 2. The molecule has 0 saturated carbocycles. The normalized spacial score (nSPS) is 19.6. The van der Waals surface area contributed by atoms with Gasteiger partial charge in [0.1, 0.15) is 0 Å². The number of aromatic nitrogens is 1. The van der Waals surface area contributed by atoms with Gasteiger partial charge in [0.15, 0.2) is 0 Å². The molecule has 1 aliphatic rings. The van der Waals surface area contributed by atoms with Crippen molar-refractivity contribution in [2.24, 2.45) is 5.92 Å². The van der Waals surface area contributed by atoms with Crippen LogP contribution in [0.5, 0.6) is 0 Å². The van der Waals surface area contributed by atoms with Crippen molar-refractivity contribution >= 4 is 22.1 Å². The van der Waals surface area contributed by atoms with Crippen LogP contribution in [-0.2, 0) is 0 Å². The fraction of sp³-hybridized carbons (Fsp3) is 0.400. The molecular weight excluding hydrogens is 222 g/mol. The van der Waals surface area contributed by atoms with E-state index in [1.165, 1.54) is 18.5 Å². The van der Waals surface area contributed by atoms with E-state index in [0.29, 0.717) is 0 Å². The van der Waals surface area contributed by atoms with Gasteiger partial charge in [-0.05, 0) is 24.5 Å². The molecule has 1 fully saturated rings. The quantitative estimate of drug-likeness (QED) is 0.822. The van der Waals surface area contributed by atoms with Crippen molar-refractivity contribution in [1.82, 2.24) is 4.98 Å². The number of hydrogen-bond donors (Lipinski definition) is 1. The van der Waals surface area contributed by atoms with E-state index < -0.39 is 0 Å². The third-order valence-corrected chi connectivity index (χ3v) is 4.04. The zero-order valence-corrected chi connectivity index (χ0v) is 10.8. The second kappa shape index (κ2) is 4.48. The molecule has 18 heavy (non-hydrogen) atoms. The van der Waals surface area contributed by atoms with Crippen molar-refractivity contribution in [3.05, 3.63) is 30.6 Å². The molecule has 0 radical (unpaired) electrons. The van der Waals surface area contributed by atoms with Gasteiger partial charge in [-0.3, -0.25) is 4.98 Å². The van der Waals surface area contributed by atoms with Gasteiger partial charge in [0.2, 0.25) is 0 Å². The molecule has 0 amide bonds. The summed E-state index contributed by atoms with van der Waals surface area (Å²) in [4.78, 5) is 6.56. The molecule has 1 aromatic heterocycles. The molecule has 94 valence electrons. The number of pyridine rings is 1. The lowest BCUT2D eigenvalue weighted by atomic mass is 10.1. The molecule has 2 N–H and O–H groups in total. The Labute approximate surface area is 108 Å². The Morgan fingerprint density at radius 3 is 3.06 bits per heavy atom. The average molecular weight is 241 g/mol. The number of benzene rings is 1. The van der Waals surface area contributed by atoms with Crippen molar-refractivity contribution in [2.45, 2.75) is 19.8 Å². The minimum Gasteiger partial charge on any atom is -0.397 e. The van der Waals surface area contributed by atoms with Crippen LogP contribution in [0.3, 0.4) is 0 Å². The van der Waals surface area contributed by atoms with Gasteiger partial charge in [-0.25, -0.2) is 0 Å². The predicted molar refractivity (Wildman–Crippen MR) is 76.8 cm³/mol. The number of rotatable bonds is 2. The fourth-order valence-electron chi connectivity index (χ4n) is 2.84.